The molecule has 3 heteroatoms. The van der Waals surface area contributed by atoms with Crippen LogP contribution in [0.5, 0.6) is 0 Å². The van der Waals surface area contributed by atoms with Crippen molar-refractivity contribution in [1.82, 2.24) is 10.3 Å². The van der Waals surface area contributed by atoms with E-state index < -0.39 is 0 Å². The van der Waals surface area contributed by atoms with Gasteiger partial charge in [0.15, 0.2) is 0 Å². The maximum atomic E-state index is 4.86. The molecule has 1 N–H and O–H groups in total. The molecule has 0 aliphatic heterocycles. The number of benzene rings is 1. The molecule has 2 rings (SSSR count). The number of rotatable bonds is 7. The minimum absolute atomic E-state index is 0.577. The van der Waals surface area contributed by atoms with E-state index >= 15 is 0 Å². The molecule has 1 aromatic heterocycles. The summed E-state index contributed by atoms with van der Waals surface area (Å²) in [7, 11) is 0. The van der Waals surface area contributed by atoms with Crippen LogP contribution >= 0.6 is 11.3 Å². The molecule has 0 radical (unpaired) electrons. The SMILES string of the molecule is CCC(C)NCCc1nc(-c2ccc(C(C)C)cc2)c(C)s1. The molecular formula is C19H28N2S. The van der Waals surface area contributed by atoms with Crippen molar-refractivity contribution in [2.24, 2.45) is 0 Å². The summed E-state index contributed by atoms with van der Waals surface area (Å²) in [6.45, 7) is 12.1. The third-order valence-electron chi connectivity index (χ3n) is 4.14. The topological polar surface area (TPSA) is 24.9 Å². The minimum atomic E-state index is 0.577. The molecule has 1 heterocycles. The first-order chi connectivity index (χ1) is 10.5. The highest BCUT2D eigenvalue weighted by Gasteiger charge is 2.10. The Morgan fingerprint density at radius 1 is 1.14 bits per heavy atom. The van der Waals surface area contributed by atoms with Gasteiger partial charge in [0.1, 0.15) is 0 Å². The monoisotopic (exact) mass is 316 g/mol. The lowest BCUT2D eigenvalue weighted by atomic mass is 10.0. The summed E-state index contributed by atoms with van der Waals surface area (Å²) in [5.74, 6) is 0.577. The normalized spacial score (nSPS) is 12.8. The molecule has 0 bridgehead atoms. The third-order valence-corrected chi connectivity index (χ3v) is 5.17. The van der Waals surface area contributed by atoms with Gasteiger partial charge in [0.05, 0.1) is 10.7 Å². The molecular weight excluding hydrogens is 288 g/mol. The molecule has 0 aliphatic carbocycles. The fraction of sp³-hybridized carbons (Fsp3) is 0.526. The van der Waals surface area contributed by atoms with Crippen molar-refractivity contribution >= 4 is 11.3 Å². The fourth-order valence-electron chi connectivity index (χ4n) is 2.42. The van der Waals surface area contributed by atoms with Crippen molar-refractivity contribution < 1.29 is 0 Å². The average Bonchev–Trinajstić information content (AvgIpc) is 2.88. The molecule has 1 aromatic carbocycles. The molecule has 1 unspecified atom stereocenters. The average molecular weight is 317 g/mol. The summed E-state index contributed by atoms with van der Waals surface area (Å²) < 4.78 is 0. The molecule has 2 aromatic rings. The van der Waals surface area contributed by atoms with Crippen LogP contribution < -0.4 is 5.32 Å². The van der Waals surface area contributed by atoms with E-state index in [-0.39, 0.29) is 0 Å². The predicted octanol–water partition coefficient (Wildman–Crippen LogP) is 5.17. The number of nitrogens with one attached hydrogen (secondary N) is 1. The van der Waals surface area contributed by atoms with Crippen molar-refractivity contribution in [3.8, 4) is 11.3 Å². The summed E-state index contributed by atoms with van der Waals surface area (Å²) in [5, 5.41) is 4.77. The van der Waals surface area contributed by atoms with Crippen LogP contribution in [0.25, 0.3) is 11.3 Å². The lowest BCUT2D eigenvalue weighted by Crippen LogP contribution is -2.27. The van der Waals surface area contributed by atoms with E-state index in [1.165, 1.54) is 27.4 Å². The maximum Gasteiger partial charge on any atom is 0.0948 e. The number of aryl methyl sites for hydroxylation is 1. The molecule has 0 fully saturated rings. The Morgan fingerprint density at radius 2 is 1.82 bits per heavy atom. The Balaban J connectivity index is 2.06. The number of thiazole rings is 1. The van der Waals surface area contributed by atoms with E-state index in [9.17, 15) is 0 Å². The molecule has 0 saturated carbocycles. The van der Waals surface area contributed by atoms with Gasteiger partial charge < -0.3 is 5.32 Å². The molecule has 0 amide bonds. The van der Waals surface area contributed by atoms with Crippen molar-refractivity contribution in [3.05, 3.63) is 39.7 Å². The van der Waals surface area contributed by atoms with Gasteiger partial charge in [0.2, 0.25) is 0 Å². The lowest BCUT2D eigenvalue weighted by molar-refractivity contribution is 0.537. The van der Waals surface area contributed by atoms with Gasteiger partial charge >= 0.3 is 0 Å². The van der Waals surface area contributed by atoms with Gasteiger partial charge in [-0.15, -0.1) is 11.3 Å². The highest BCUT2D eigenvalue weighted by atomic mass is 32.1. The summed E-state index contributed by atoms with van der Waals surface area (Å²) in [4.78, 5) is 6.17. The van der Waals surface area contributed by atoms with Crippen LogP contribution in [0.15, 0.2) is 24.3 Å². The quantitative estimate of drug-likeness (QED) is 0.762. The van der Waals surface area contributed by atoms with E-state index in [1.54, 1.807) is 0 Å². The molecule has 1 atom stereocenters. The Morgan fingerprint density at radius 3 is 2.41 bits per heavy atom. The Hall–Kier alpha value is -1.19. The number of aromatic nitrogens is 1. The predicted molar refractivity (Wildman–Crippen MR) is 97.8 cm³/mol. The standard InChI is InChI=1S/C19H28N2S/c1-6-14(4)20-12-11-18-21-19(15(5)22-18)17-9-7-16(8-10-17)13(2)3/h7-10,13-14,20H,6,11-12H2,1-5H3. The molecule has 0 aliphatic rings. The smallest absolute Gasteiger partial charge is 0.0948 e. The van der Waals surface area contributed by atoms with Gasteiger partial charge in [-0.2, -0.15) is 0 Å². The van der Waals surface area contributed by atoms with Crippen LogP contribution in [0.4, 0.5) is 0 Å². The van der Waals surface area contributed by atoms with Gasteiger partial charge in [0.25, 0.3) is 0 Å². The Kier molecular flexibility index (Phi) is 6.16. The van der Waals surface area contributed by atoms with Crippen LogP contribution in [-0.2, 0) is 6.42 Å². The summed E-state index contributed by atoms with van der Waals surface area (Å²) in [6.07, 6.45) is 2.18. The lowest BCUT2D eigenvalue weighted by Gasteiger charge is -2.09. The minimum Gasteiger partial charge on any atom is -0.314 e. The summed E-state index contributed by atoms with van der Waals surface area (Å²) >= 11 is 1.83. The van der Waals surface area contributed by atoms with Crippen LogP contribution in [-0.4, -0.2) is 17.6 Å². The zero-order chi connectivity index (χ0) is 16.1. The summed E-state index contributed by atoms with van der Waals surface area (Å²) in [5.41, 5.74) is 3.77. The van der Waals surface area contributed by atoms with Crippen LogP contribution in [0, 0.1) is 6.92 Å². The molecule has 0 saturated heterocycles. The van der Waals surface area contributed by atoms with Crippen molar-refractivity contribution in [2.45, 2.75) is 59.4 Å². The second-order valence-corrected chi connectivity index (χ2v) is 7.59. The highest BCUT2D eigenvalue weighted by molar-refractivity contribution is 7.12. The largest absolute Gasteiger partial charge is 0.314 e. The first-order valence-corrected chi connectivity index (χ1v) is 9.13. The van der Waals surface area contributed by atoms with E-state index in [0.29, 0.717) is 12.0 Å². The van der Waals surface area contributed by atoms with Crippen LogP contribution in [0.3, 0.4) is 0 Å². The van der Waals surface area contributed by atoms with Gasteiger partial charge in [-0.25, -0.2) is 4.98 Å². The van der Waals surface area contributed by atoms with E-state index in [1.807, 2.05) is 11.3 Å². The zero-order valence-electron chi connectivity index (χ0n) is 14.4. The fourth-order valence-corrected chi connectivity index (χ4v) is 3.38. The van der Waals surface area contributed by atoms with Gasteiger partial charge in [-0.1, -0.05) is 45.0 Å². The molecule has 120 valence electrons. The van der Waals surface area contributed by atoms with Crippen molar-refractivity contribution in [3.63, 3.8) is 0 Å². The van der Waals surface area contributed by atoms with Gasteiger partial charge in [-0.3, -0.25) is 0 Å². The van der Waals surface area contributed by atoms with Crippen molar-refractivity contribution in [2.75, 3.05) is 6.54 Å². The van der Waals surface area contributed by atoms with E-state index in [4.69, 9.17) is 4.98 Å². The Labute approximate surface area is 139 Å². The molecule has 0 spiro atoms. The highest BCUT2D eigenvalue weighted by Crippen LogP contribution is 2.28. The molecule has 2 nitrogen and oxygen atoms in total. The third kappa shape index (κ3) is 4.40. The maximum absolute atomic E-state index is 4.86. The van der Waals surface area contributed by atoms with Crippen molar-refractivity contribution in [1.29, 1.82) is 0 Å². The number of hydrogen-bond acceptors (Lipinski definition) is 3. The number of nitrogens with zero attached hydrogens (tertiary/aromatic N) is 1. The van der Waals surface area contributed by atoms with E-state index in [2.05, 4.69) is 64.2 Å². The number of hydrogen-bond donors (Lipinski definition) is 1. The second-order valence-electron chi connectivity index (χ2n) is 6.30. The zero-order valence-corrected chi connectivity index (χ0v) is 15.3. The second kappa shape index (κ2) is 7.89. The van der Waals surface area contributed by atoms with E-state index in [0.717, 1.165) is 18.7 Å². The van der Waals surface area contributed by atoms with Crippen LogP contribution in [0.2, 0.25) is 0 Å². The van der Waals surface area contributed by atoms with Gasteiger partial charge in [0, 0.05) is 29.4 Å². The first kappa shape index (κ1) is 17.2. The first-order valence-electron chi connectivity index (χ1n) is 8.31. The summed E-state index contributed by atoms with van der Waals surface area (Å²) in [6, 6.07) is 9.45. The van der Waals surface area contributed by atoms with Gasteiger partial charge in [-0.05, 0) is 31.7 Å². The Bertz CT molecular complexity index is 584. The van der Waals surface area contributed by atoms with Crippen LogP contribution in [0.1, 0.15) is 55.5 Å². The molecule has 22 heavy (non-hydrogen) atoms.